The van der Waals surface area contributed by atoms with Gasteiger partial charge in [-0.05, 0) is 36.6 Å². The molecule has 0 unspecified atom stereocenters. The molecule has 0 N–H and O–H groups in total. The van der Waals surface area contributed by atoms with Crippen molar-refractivity contribution >= 4 is 21.8 Å². The van der Waals surface area contributed by atoms with Gasteiger partial charge in [0.05, 0.1) is 5.52 Å². The van der Waals surface area contributed by atoms with Gasteiger partial charge in [-0.3, -0.25) is 0 Å². The number of benzene rings is 2. The molecule has 2 heteroatoms. The van der Waals surface area contributed by atoms with Crippen molar-refractivity contribution in [2.24, 2.45) is 7.05 Å². The molecule has 2 aliphatic heterocycles. The summed E-state index contributed by atoms with van der Waals surface area (Å²) in [5, 5.41) is 2.50. The Kier molecular flexibility index (Phi) is 1.99. The second-order valence-corrected chi connectivity index (χ2v) is 5.13. The van der Waals surface area contributed by atoms with E-state index in [4.69, 9.17) is 4.98 Å². The lowest BCUT2D eigenvalue weighted by atomic mass is 10.1. The van der Waals surface area contributed by atoms with Gasteiger partial charge in [0, 0.05) is 23.5 Å². The molecule has 4 rings (SSSR count). The van der Waals surface area contributed by atoms with E-state index in [0.717, 1.165) is 11.3 Å². The Morgan fingerprint density at radius 1 is 1.00 bits per heavy atom. The van der Waals surface area contributed by atoms with E-state index in [1.165, 1.54) is 27.4 Å². The lowest BCUT2D eigenvalue weighted by Gasteiger charge is -2.11. The molecular weight excluding hydrogens is 232 g/mol. The Balaban J connectivity index is 2.26. The standard InChI is InChI=1S/C17H14N2/c1-11-7-8-15-13(9-11)14-10-12-5-3-4-6-16(12)19(2)17(14)18-15/h3-10H,1-2H3. The maximum atomic E-state index is 4.77. The van der Waals surface area contributed by atoms with Crippen molar-refractivity contribution in [1.82, 2.24) is 9.55 Å². The van der Waals surface area contributed by atoms with Crippen LogP contribution in [0.1, 0.15) is 5.56 Å². The van der Waals surface area contributed by atoms with Gasteiger partial charge in [-0.2, -0.15) is 0 Å². The second-order valence-electron chi connectivity index (χ2n) is 5.13. The summed E-state index contributed by atoms with van der Waals surface area (Å²) in [6.45, 7) is 2.12. The van der Waals surface area contributed by atoms with Crippen LogP contribution in [0.15, 0.2) is 48.5 Å². The van der Waals surface area contributed by atoms with Crippen LogP contribution in [-0.4, -0.2) is 9.55 Å². The van der Waals surface area contributed by atoms with E-state index < -0.39 is 0 Å². The number of hydrogen-bond donors (Lipinski definition) is 0. The second kappa shape index (κ2) is 3.58. The fraction of sp³-hybridized carbons (Fsp3) is 0.118. The zero-order valence-corrected chi connectivity index (χ0v) is 11.0. The first-order valence-corrected chi connectivity index (χ1v) is 6.48. The highest BCUT2D eigenvalue weighted by Crippen LogP contribution is 2.34. The van der Waals surface area contributed by atoms with E-state index >= 15 is 0 Å². The summed E-state index contributed by atoms with van der Waals surface area (Å²) < 4.78 is 2.18. The first-order chi connectivity index (χ1) is 9.24. The maximum absolute atomic E-state index is 4.77. The Morgan fingerprint density at radius 3 is 2.74 bits per heavy atom. The minimum absolute atomic E-state index is 1.05. The van der Waals surface area contributed by atoms with Gasteiger partial charge < -0.3 is 4.57 Å². The molecule has 0 spiro atoms. The van der Waals surface area contributed by atoms with Gasteiger partial charge in [0.1, 0.15) is 5.82 Å². The molecule has 0 fully saturated rings. The van der Waals surface area contributed by atoms with E-state index in [1.54, 1.807) is 0 Å². The third-order valence-electron chi connectivity index (χ3n) is 3.83. The molecule has 2 aliphatic rings. The van der Waals surface area contributed by atoms with Gasteiger partial charge in [-0.25, -0.2) is 4.98 Å². The van der Waals surface area contributed by atoms with Crippen molar-refractivity contribution < 1.29 is 0 Å². The summed E-state index contributed by atoms with van der Waals surface area (Å²) in [6.07, 6.45) is 0. The van der Waals surface area contributed by atoms with E-state index in [0.29, 0.717) is 0 Å². The number of nitrogens with zero attached hydrogens (tertiary/aromatic N) is 2. The highest BCUT2D eigenvalue weighted by atomic mass is 15.0. The van der Waals surface area contributed by atoms with Gasteiger partial charge in [0.2, 0.25) is 0 Å². The average molecular weight is 246 g/mol. The van der Waals surface area contributed by atoms with E-state index in [2.05, 4.69) is 67.1 Å². The predicted molar refractivity (Wildman–Crippen MR) is 79.6 cm³/mol. The zero-order chi connectivity index (χ0) is 13.0. The smallest absolute Gasteiger partial charge is 0.141 e. The van der Waals surface area contributed by atoms with Crippen LogP contribution in [0, 0.1) is 6.92 Å². The monoisotopic (exact) mass is 246 g/mol. The molecule has 2 aromatic rings. The minimum atomic E-state index is 1.05. The first kappa shape index (κ1) is 10.6. The van der Waals surface area contributed by atoms with Crippen molar-refractivity contribution in [3.8, 4) is 11.4 Å². The summed E-state index contributed by atoms with van der Waals surface area (Å²) in [5.41, 5.74) is 4.80. The van der Waals surface area contributed by atoms with Gasteiger partial charge in [-0.1, -0.05) is 29.8 Å². The molecule has 0 aromatic heterocycles. The zero-order valence-electron chi connectivity index (χ0n) is 11.0. The lowest BCUT2D eigenvalue weighted by Crippen LogP contribution is -1.98. The van der Waals surface area contributed by atoms with Crippen molar-refractivity contribution in [3.63, 3.8) is 0 Å². The van der Waals surface area contributed by atoms with Crippen LogP contribution < -0.4 is 0 Å². The number of pyridine rings is 1. The van der Waals surface area contributed by atoms with Gasteiger partial charge in [-0.15, -0.1) is 0 Å². The lowest BCUT2D eigenvalue weighted by molar-refractivity contribution is 0.939. The van der Waals surface area contributed by atoms with Crippen molar-refractivity contribution in [2.75, 3.05) is 0 Å². The van der Waals surface area contributed by atoms with E-state index in [9.17, 15) is 0 Å². The quantitative estimate of drug-likeness (QED) is 0.456. The minimum Gasteiger partial charge on any atom is -0.328 e. The highest BCUT2D eigenvalue weighted by Gasteiger charge is 2.15. The number of hydrogen-bond acceptors (Lipinski definition) is 1. The maximum Gasteiger partial charge on any atom is 0.141 e. The molecule has 2 aromatic carbocycles. The average Bonchev–Trinajstić information content (AvgIpc) is 2.78. The van der Waals surface area contributed by atoms with Crippen LogP contribution in [0.3, 0.4) is 0 Å². The Labute approximate surface area is 111 Å². The van der Waals surface area contributed by atoms with Crippen LogP contribution in [0.25, 0.3) is 33.2 Å². The van der Waals surface area contributed by atoms with Crippen LogP contribution in [0.2, 0.25) is 0 Å². The number of para-hydroxylation sites is 1. The first-order valence-electron chi connectivity index (χ1n) is 6.48. The SMILES string of the molecule is Cc1ccc2nc3n(C)c4ccccc4cc-3c2c1. The summed E-state index contributed by atoms with van der Waals surface area (Å²) >= 11 is 0. The van der Waals surface area contributed by atoms with Crippen LogP contribution in [0.5, 0.6) is 0 Å². The number of aryl methyl sites for hydroxylation is 2. The molecule has 19 heavy (non-hydrogen) atoms. The Bertz CT molecular complexity index is 887. The number of rotatable bonds is 0. The molecule has 0 amide bonds. The largest absolute Gasteiger partial charge is 0.328 e. The molecule has 2 heterocycles. The molecule has 0 saturated carbocycles. The van der Waals surface area contributed by atoms with Gasteiger partial charge in [0.15, 0.2) is 0 Å². The molecule has 0 radical (unpaired) electrons. The summed E-state index contributed by atoms with van der Waals surface area (Å²) in [5.74, 6) is 1.05. The summed E-state index contributed by atoms with van der Waals surface area (Å²) in [4.78, 5) is 4.77. The molecule has 0 saturated heterocycles. The molecule has 2 nitrogen and oxygen atoms in total. The van der Waals surface area contributed by atoms with Crippen LogP contribution in [-0.2, 0) is 7.05 Å². The number of aromatic nitrogens is 2. The van der Waals surface area contributed by atoms with Gasteiger partial charge >= 0.3 is 0 Å². The Morgan fingerprint density at radius 2 is 1.84 bits per heavy atom. The molecular formula is C17H14N2. The van der Waals surface area contributed by atoms with Gasteiger partial charge in [0.25, 0.3) is 0 Å². The molecule has 92 valence electrons. The molecule has 0 aliphatic carbocycles. The van der Waals surface area contributed by atoms with E-state index in [-0.39, 0.29) is 0 Å². The highest BCUT2D eigenvalue weighted by molar-refractivity contribution is 6.01. The van der Waals surface area contributed by atoms with Crippen molar-refractivity contribution in [1.29, 1.82) is 0 Å². The number of fused-ring (bicyclic) bond motifs is 4. The molecule has 0 atom stereocenters. The fourth-order valence-electron chi connectivity index (χ4n) is 2.84. The van der Waals surface area contributed by atoms with Crippen molar-refractivity contribution in [2.45, 2.75) is 6.92 Å². The molecule has 0 bridgehead atoms. The summed E-state index contributed by atoms with van der Waals surface area (Å²) in [7, 11) is 2.09. The normalized spacial score (nSPS) is 11.7. The predicted octanol–water partition coefficient (Wildman–Crippen LogP) is 4.14. The summed E-state index contributed by atoms with van der Waals surface area (Å²) in [6, 6.07) is 17.1. The van der Waals surface area contributed by atoms with Crippen molar-refractivity contribution in [3.05, 3.63) is 54.1 Å². The fourth-order valence-corrected chi connectivity index (χ4v) is 2.84. The Hall–Kier alpha value is -2.35. The third kappa shape index (κ3) is 1.40. The topological polar surface area (TPSA) is 17.8 Å². The third-order valence-corrected chi connectivity index (χ3v) is 3.83. The van der Waals surface area contributed by atoms with E-state index in [1.807, 2.05) is 0 Å². The van der Waals surface area contributed by atoms with Crippen LogP contribution in [0.4, 0.5) is 0 Å². The van der Waals surface area contributed by atoms with Crippen LogP contribution >= 0.6 is 0 Å².